The lowest BCUT2D eigenvalue weighted by Crippen LogP contribution is -2.29. The molecule has 3 aromatic rings. The molecule has 0 spiro atoms. The first kappa shape index (κ1) is 18.9. The number of thiazole rings is 1. The van der Waals surface area contributed by atoms with Crippen molar-refractivity contribution in [3.05, 3.63) is 75.3 Å². The lowest BCUT2D eigenvalue weighted by molar-refractivity contribution is 0.102. The van der Waals surface area contributed by atoms with E-state index in [9.17, 15) is 4.79 Å². The summed E-state index contributed by atoms with van der Waals surface area (Å²) in [5.74, 6) is 0.212. The first-order valence-corrected chi connectivity index (χ1v) is 10.2. The number of anilines is 1. The van der Waals surface area contributed by atoms with Gasteiger partial charge in [-0.25, -0.2) is 4.98 Å². The van der Waals surface area contributed by atoms with E-state index in [1.807, 2.05) is 6.07 Å². The second kappa shape index (κ2) is 8.31. The molecule has 0 fully saturated rings. The van der Waals surface area contributed by atoms with Crippen molar-refractivity contribution in [3.63, 3.8) is 0 Å². The van der Waals surface area contributed by atoms with Crippen LogP contribution in [0.1, 0.15) is 26.5 Å². The highest BCUT2D eigenvalue weighted by Crippen LogP contribution is 2.30. The molecule has 0 aliphatic carbocycles. The van der Waals surface area contributed by atoms with Gasteiger partial charge in [0.05, 0.1) is 18.4 Å². The predicted molar refractivity (Wildman–Crippen MR) is 112 cm³/mol. The number of carbonyl (C=O) groups is 1. The number of methoxy groups -OCH3 is 1. The summed E-state index contributed by atoms with van der Waals surface area (Å²) in [5, 5.41) is 3.99. The van der Waals surface area contributed by atoms with Crippen LogP contribution in [0.3, 0.4) is 0 Å². The van der Waals surface area contributed by atoms with Crippen LogP contribution in [0, 0.1) is 0 Å². The Morgan fingerprint density at radius 3 is 2.89 bits per heavy atom. The van der Waals surface area contributed by atoms with Crippen molar-refractivity contribution >= 4 is 34.0 Å². The van der Waals surface area contributed by atoms with E-state index in [0.717, 1.165) is 31.7 Å². The molecule has 0 bridgehead atoms. The summed E-state index contributed by atoms with van der Waals surface area (Å²) >= 11 is 7.56. The molecule has 0 saturated heterocycles. The molecule has 0 saturated carbocycles. The Morgan fingerprint density at radius 1 is 1.29 bits per heavy atom. The van der Waals surface area contributed by atoms with Crippen molar-refractivity contribution in [2.24, 2.45) is 0 Å². The standard InChI is InChI=1S/C21H20ClN3O2S/c1-27-18-8-7-15(22)11-16(18)20(26)24-21-23-17-9-10-25(13-19(17)28-21)12-14-5-3-2-4-6-14/h2-8,11H,9-10,12-13H2,1H3,(H,23,24,26). The Bertz CT molecular complexity index is 991. The van der Waals surface area contributed by atoms with E-state index in [2.05, 4.69) is 39.5 Å². The molecule has 1 N–H and O–H groups in total. The van der Waals surface area contributed by atoms with Crippen molar-refractivity contribution in [1.29, 1.82) is 0 Å². The van der Waals surface area contributed by atoms with Gasteiger partial charge in [0.1, 0.15) is 5.75 Å². The number of hydrogen-bond acceptors (Lipinski definition) is 5. The van der Waals surface area contributed by atoms with Gasteiger partial charge in [-0.05, 0) is 23.8 Å². The summed E-state index contributed by atoms with van der Waals surface area (Å²) < 4.78 is 5.27. The highest BCUT2D eigenvalue weighted by molar-refractivity contribution is 7.15. The minimum Gasteiger partial charge on any atom is -0.496 e. The molecular formula is C21H20ClN3O2S. The molecule has 0 unspecified atom stereocenters. The lowest BCUT2D eigenvalue weighted by Gasteiger charge is -2.25. The minimum atomic E-state index is -0.272. The summed E-state index contributed by atoms with van der Waals surface area (Å²) in [6.45, 7) is 2.72. The number of halogens is 1. The molecular weight excluding hydrogens is 394 g/mol. The number of amides is 1. The fourth-order valence-corrected chi connectivity index (χ4v) is 4.52. The number of nitrogens with one attached hydrogen (secondary N) is 1. The Morgan fingerprint density at radius 2 is 2.11 bits per heavy atom. The maximum atomic E-state index is 12.7. The molecule has 28 heavy (non-hydrogen) atoms. The third kappa shape index (κ3) is 4.19. The van der Waals surface area contributed by atoms with Crippen LogP contribution >= 0.6 is 22.9 Å². The van der Waals surface area contributed by atoms with Crippen molar-refractivity contribution in [2.75, 3.05) is 19.0 Å². The fourth-order valence-electron chi connectivity index (χ4n) is 3.30. The molecule has 0 radical (unpaired) electrons. The van der Waals surface area contributed by atoms with E-state index >= 15 is 0 Å². The van der Waals surface area contributed by atoms with Gasteiger partial charge in [-0.3, -0.25) is 15.0 Å². The van der Waals surface area contributed by atoms with E-state index in [0.29, 0.717) is 21.5 Å². The first-order chi connectivity index (χ1) is 13.6. The SMILES string of the molecule is COc1ccc(Cl)cc1C(=O)Nc1nc2c(s1)CN(Cc1ccccc1)CC2. The van der Waals surface area contributed by atoms with Gasteiger partial charge in [0.25, 0.3) is 5.91 Å². The zero-order valence-electron chi connectivity index (χ0n) is 15.4. The molecule has 7 heteroatoms. The molecule has 5 nitrogen and oxygen atoms in total. The van der Waals surface area contributed by atoms with Gasteiger partial charge in [0.2, 0.25) is 0 Å². The van der Waals surface area contributed by atoms with Crippen LogP contribution in [-0.2, 0) is 19.5 Å². The molecule has 2 aromatic carbocycles. The van der Waals surface area contributed by atoms with Gasteiger partial charge in [0, 0.05) is 36.0 Å². The highest BCUT2D eigenvalue weighted by Gasteiger charge is 2.22. The normalized spacial score (nSPS) is 13.8. The predicted octanol–water partition coefficient (Wildman–Crippen LogP) is 4.62. The average molecular weight is 414 g/mol. The van der Waals surface area contributed by atoms with Crippen LogP contribution in [0.4, 0.5) is 5.13 Å². The van der Waals surface area contributed by atoms with Gasteiger partial charge in [-0.2, -0.15) is 0 Å². The summed E-state index contributed by atoms with van der Waals surface area (Å²) in [7, 11) is 1.53. The van der Waals surface area contributed by atoms with Gasteiger partial charge < -0.3 is 4.74 Å². The molecule has 144 valence electrons. The number of rotatable bonds is 5. The first-order valence-electron chi connectivity index (χ1n) is 9.02. The van der Waals surface area contributed by atoms with Crippen molar-refractivity contribution < 1.29 is 9.53 Å². The number of carbonyl (C=O) groups excluding carboxylic acids is 1. The molecule has 0 atom stereocenters. The van der Waals surface area contributed by atoms with Crippen molar-refractivity contribution in [2.45, 2.75) is 19.5 Å². The van der Waals surface area contributed by atoms with Gasteiger partial charge in [-0.15, -0.1) is 11.3 Å². The van der Waals surface area contributed by atoms with Crippen LogP contribution < -0.4 is 10.1 Å². The maximum absolute atomic E-state index is 12.7. The molecule has 1 aliphatic rings. The Hall–Kier alpha value is -2.41. The smallest absolute Gasteiger partial charge is 0.261 e. The van der Waals surface area contributed by atoms with E-state index in [4.69, 9.17) is 16.3 Å². The maximum Gasteiger partial charge on any atom is 0.261 e. The average Bonchev–Trinajstić information content (AvgIpc) is 3.10. The zero-order chi connectivity index (χ0) is 19.5. The van der Waals surface area contributed by atoms with Crippen LogP contribution in [-0.4, -0.2) is 29.4 Å². The number of ether oxygens (including phenoxy) is 1. The Kier molecular flexibility index (Phi) is 5.62. The van der Waals surface area contributed by atoms with Gasteiger partial charge in [-0.1, -0.05) is 41.9 Å². The molecule has 2 heterocycles. The van der Waals surface area contributed by atoms with Crippen LogP contribution in [0.2, 0.25) is 5.02 Å². The Labute approximate surface area is 172 Å². The van der Waals surface area contributed by atoms with Crippen molar-refractivity contribution in [3.8, 4) is 5.75 Å². The summed E-state index contributed by atoms with van der Waals surface area (Å²) in [5.41, 5.74) is 2.77. The van der Waals surface area contributed by atoms with Crippen molar-refractivity contribution in [1.82, 2.24) is 9.88 Å². The number of aromatic nitrogens is 1. The zero-order valence-corrected chi connectivity index (χ0v) is 17.0. The second-order valence-electron chi connectivity index (χ2n) is 6.63. The van der Waals surface area contributed by atoms with Gasteiger partial charge in [0.15, 0.2) is 5.13 Å². The van der Waals surface area contributed by atoms with E-state index in [-0.39, 0.29) is 5.91 Å². The highest BCUT2D eigenvalue weighted by atomic mass is 35.5. The van der Waals surface area contributed by atoms with Crippen LogP contribution in [0.25, 0.3) is 0 Å². The molecule has 4 rings (SSSR count). The minimum absolute atomic E-state index is 0.272. The van der Waals surface area contributed by atoms with E-state index in [1.165, 1.54) is 28.9 Å². The topological polar surface area (TPSA) is 54.5 Å². The largest absolute Gasteiger partial charge is 0.496 e. The summed E-state index contributed by atoms with van der Waals surface area (Å²) in [6.07, 6.45) is 0.884. The number of benzene rings is 2. The summed E-state index contributed by atoms with van der Waals surface area (Å²) in [6, 6.07) is 15.4. The summed E-state index contributed by atoms with van der Waals surface area (Å²) in [4.78, 5) is 20.9. The second-order valence-corrected chi connectivity index (χ2v) is 8.15. The third-order valence-electron chi connectivity index (χ3n) is 4.69. The fraction of sp³-hybridized carbons (Fsp3) is 0.238. The molecule has 1 aliphatic heterocycles. The number of nitrogens with zero attached hydrogens (tertiary/aromatic N) is 2. The monoisotopic (exact) mass is 413 g/mol. The molecule has 1 amide bonds. The van der Waals surface area contributed by atoms with Crippen LogP contribution in [0.15, 0.2) is 48.5 Å². The lowest BCUT2D eigenvalue weighted by atomic mass is 10.1. The number of hydrogen-bond donors (Lipinski definition) is 1. The quantitative estimate of drug-likeness (QED) is 0.663. The van der Waals surface area contributed by atoms with Gasteiger partial charge >= 0.3 is 0 Å². The van der Waals surface area contributed by atoms with Crippen LogP contribution in [0.5, 0.6) is 5.75 Å². The molecule has 1 aromatic heterocycles. The third-order valence-corrected chi connectivity index (χ3v) is 5.92. The van der Waals surface area contributed by atoms with E-state index < -0.39 is 0 Å². The number of fused-ring (bicyclic) bond motifs is 1. The Balaban J connectivity index is 1.46. The van der Waals surface area contributed by atoms with E-state index in [1.54, 1.807) is 18.2 Å².